The highest BCUT2D eigenvalue weighted by atomic mass is 79.9. The normalized spacial score (nSPS) is 10.5. The first kappa shape index (κ1) is 11.9. The van der Waals surface area contributed by atoms with Crippen molar-refractivity contribution in [2.24, 2.45) is 0 Å². The molecule has 0 amide bonds. The van der Waals surface area contributed by atoms with Gasteiger partial charge in [0.1, 0.15) is 11.0 Å². The van der Waals surface area contributed by atoms with Crippen molar-refractivity contribution in [3.05, 3.63) is 43.8 Å². The monoisotopic (exact) mass is 317 g/mol. The molecule has 88 valence electrons. The van der Waals surface area contributed by atoms with E-state index in [0.717, 1.165) is 0 Å². The SMILES string of the molecule is O=[N+]([O-])c1nn(Cc2ccc(Cl)nn2)cc1Br. The number of rotatable bonds is 3. The lowest BCUT2D eigenvalue weighted by molar-refractivity contribution is -0.390. The van der Waals surface area contributed by atoms with Crippen LogP contribution in [-0.2, 0) is 6.54 Å². The summed E-state index contributed by atoms with van der Waals surface area (Å²) in [6, 6.07) is 3.27. The van der Waals surface area contributed by atoms with Gasteiger partial charge < -0.3 is 10.1 Å². The second-order valence-corrected chi connectivity index (χ2v) is 4.34. The van der Waals surface area contributed by atoms with E-state index >= 15 is 0 Å². The van der Waals surface area contributed by atoms with Gasteiger partial charge in [-0.15, -0.1) is 5.10 Å². The quantitative estimate of drug-likeness (QED) is 0.638. The van der Waals surface area contributed by atoms with Crippen molar-refractivity contribution >= 4 is 33.3 Å². The third-order valence-corrected chi connectivity index (χ3v) is 2.64. The summed E-state index contributed by atoms with van der Waals surface area (Å²) in [7, 11) is 0. The highest BCUT2D eigenvalue weighted by Gasteiger charge is 2.18. The van der Waals surface area contributed by atoms with Crippen LogP contribution in [0.1, 0.15) is 5.69 Å². The molecule has 2 aromatic heterocycles. The van der Waals surface area contributed by atoms with Crippen LogP contribution in [-0.4, -0.2) is 24.9 Å². The average Bonchev–Trinajstić information content (AvgIpc) is 2.63. The third kappa shape index (κ3) is 2.77. The smallest absolute Gasteiger partial charge is 0.358 e. The molecular formula is C8H5BrClN5O2. The molecule has 0 aliphatic heterocycles. The van der Waals surface area contributed by atoms with Gasteiger partial charge in [0.2, 0.25) is 0 Å². The van der Waals surface area contributed by atoms with E-state index in [1.807, 2.05) is 0 Å². The summed E-state index contributed by atoms with van der Waals surface area (Å²) >= 11 is 8.65. The molecule has 0 radical (unpaired) electrons. The van der Waals surface area contributed by atoms with Gasteiger partial charge in [-0.05, 0) is 33.0 Å². The largest absolute Gasteiger partial charge is 0.404 e. The molecule has 0 aliphatic carbocycles. The van der Waals surface area contributed by atoms with Gasteiger partial charge in [0.05, 0.1) is 17.0 Å². The van der Waals surface area contributed by atoms with Crippen LogP contribution in [0.2, 0.25) is 5.15 Å². The third-order valence-electron chi connectivity index (χ3n) is 1.88. The Morgan fingerprint density at radius 2 is 2.24 bits per heavy atom. The molecule has 0 unspecified atom stereocenters. The van der Waals surface area contributed by atoms with Crippen LogP contribution in [0.25, 0.3) is 0 Å². The van der Waals surface area contributed by atoms with Gasteiger partial charge in [0, 0.05) is 0 Å². The Morgan fingerprint density at radius 3 is 2.76 bits per heavy atom. The van der Waals surface area contributed by atoms with Crippen LogP contribution in [0.15, 0.2) is 22.8 Å². The number of nitro groups is 1. The highest BCUT2D eigenvalue weighted by Crippen LogP contribution is 2.22. The van der Waals surface area contributed by atoms with Gasteiger partial charge in [0.15, 0.2) is 5.15 Å². The maximum absolute atomic E-state index is 10.6. The minimum absolute atomic E-state index is 0.230. The van der Waals surface area contributed by atoms with Crippen LogP contribution in [0.5, 0.6) is 0 Å². The van der Waals surface area contributed by atoms with Crippen LogP contribution in [0.3, 0.4) is 0 Å². The van der Waals surface area contributed by atoms with Crippen molar-refractivity contribution in [1.82, 2.24) is 20.0 Å². The van der Waals surface area contributed by atoms with E-state index < -0.39 is 4.92 Å². The molecule has 0 N–H and O–H groups in total. The lowest BCUT2D eigenvalue weighted by atomic mass is 10.4. The second kappa shape index (κ2) is 4.76. The standard InChI is InChI=1S/C8H5BrClN5O2/c9-6-4-14(13-8(6)15(16)17)3-5-1-2-7(10)12-11-5/h1-2,4H,3H2. The minimum atomic E-state index is -0.561. The zero-order chi connectivity index (χ0) is 12.4. The second-order valence-electron chi connectivity index (χ2n) is 3.10. The Kier molecular flexibility index (Phi) is 3.34. The molecule has 0 saturated carbocycles. The molecule has 7 nitrogen and oxygen atoms in total. The fourth-order valence-corrected chi connectivity index (χ4v) is 1.75. The molecule has 9 heteroatoms. The summed E-state index contributed by atoms with van der Waals surface area (Å²) < 4.78 is 1.73. The summed E-state index contributed by atoms with van der Waals surface area (Å²) in [5, 5.41) is 22.2. The zero-order valence-electron chi connectivity index (χ0n) is 8.25. The van der Waals surface area contributed by atoms with Crippen LogP contribution in [0.4, 0.5) is 5.82 Å². The summed E-state index contributed by atoms with van der Waals surface area (Å²) in [6.07, 6.45) is 1.51. The fourth-order valence-electron chi connectivity index (χ4n) is 1.19. The summed E-state index contributed by atoms with van der Waals surface area (Å²) in [4.78, 5) is 10.0. The Morgan fingerprint density at radius 1 is 1.47 bits per heavy atom. The predicted octanol–water partition coefficient (Wildman–Crippen LogP) is 2.05. The van der Waals surface area contributed by atoms with Gasteiger partial charge in [-0.1, -0.05) is 11.6 Å². The van der Waals surface area contributed by atoms with Crippen molar-refractivity contribution in [2.45, 2.75) is 6.54 Å². The topological polar surface area (TPSA) is 86.7 Å². The molecule has 17 heavy (non-hydrogen) atoms. The van der Waals surface area contributed by atoms with E-state index in [4.69, 9.17) is 11.6 Å². The van der Waals surface area contributed by atoms with Crippen LogP contribution in [0, 0.1) is 10.1 Å². The Bertz CT molecular complexity index is 556. The number of halogens is 2. The van der Waals surface area contributed by atoms with E-state index in [2.05, 4.69) is 31.2 Å². The number of hydrogen-bond acceptors (Lipinski definition) is 5. The predicted molar refractivity (Wildman–Crippen MR) is 62.7 cm³/mol. The van der Waals surface area contributed by atoms with E-state index in [1.54, 1.807) is 12.1 Å². The van der Waals surface area contributed by atoms with Gasteiger partial charge in [0.25, 0.3) is 0 Å². The van der Waals surface area contributed by atoms with Crippen molar-refractivity contribution in [1.29, 1.82) is 0 Å². The molecule has 2 heterocycles. The molecule has 0 aromatic carbocycles. The summed E-state index contributed by atoms with van der Waals surface area (Å²) in [5.74, 6) is -0.230. The highest BCUT2D eigenvalue weighted by molar-refractivity contribution is 9.10. The molecule has 0 bridgehead atoms. The Labute approximate surface area is 109 Å². The van der Waals surface area contributed by atoms with Gasteiger partial charge in [-0.25, -0.2) is 0 Å². The van der Waals surface area contributed by atoms with E-state index in [1.165, 1.54) is 10.9 Å². The molecule has 0 atom stereocenters. The molecule has 2 aromatic rings. The lowest BCUT2D eigenvalue weighted by Gasteiger charge is -1.95. The minimum Gasteiger partial charge on any atom is -0.358 e. The van der Waals surface area contributed by atoms with Gasteiger partial charge in [-0.2, -0.15) is 9.78 Å². The lowest BCUT2D eigenvalue weighted by Crippen LogP contribution is -2.03. The fraction of sp³-hybridized carbons (Fsp3) is 0.125. The van der Waals surface area contributed by atoms with Crippen molar-refractivity contribution < 1.29 is 4.92 Å². The molecule has 0 spiro atoms. The Balaban J connectivity index is 2.22. The first-order valence-corrected chi connectivity index (χ1v) is 5.59. The van der Waals surface area contributed by atoms with Crippen molar-refractivity contribution in [3.8, 4) is 0 Å². The van der Waals surface area contributed by atoms with Crippen molar-refractivity contribution in [3.63, 3.8) is 0 Å². The van der Waals surface area contributed by atoms with Gasteiger partial charge in [-0.3, -0.25) is 0 Å². The average molecular weight is 319 g/mol. The van der Waals surface area contributed by atoms with Crippen molar-refractivity contribution in [2.75, 3.05) is 0 Å². The molecular weight excluding hydrogens is 313 g/mol. The number of nitrogens with zero attached hydrogens (tertiary/aromatic N) is 5. The van der Waals surface area contributed by atoms with Crippen LogP contribution < -0.4 is 0 Å². The number of aromatic nitrogens is 4. The van der Waals surface area contributed by atoms with E-state index in [0.29, 0.717) is 15.3 Å². The summed E-state index contributed by atoms with van der Waals surface area (Å²) in [5.41, 5.74) is 0.610. The van der Waals surface area contributed by atoms with Crippen LogP contribution >= 0.6 is 27.5 Å². The first-order chi connectivity index (χ1) is 8.06. The number of hydrogen-bond donors (Lipinski definition) is 0. The van der Waals surface area contributed by atoms with Gasteiger partial charge >= 0.3 is 5.82 Å². The van der Waals surface area contributed by atoms with E-state index in [9.17, 15) is 10.1 Å². The molecule has 2 rings (SSSR count). The maximum atomic E-state index is 10.6. The maximum Gasteiger partial charge on any atom is 0.404 e. The zero-order valence-corrected chi connectivity index (χ0v) is 10.6. The first-order valence-electron chi connectivity index (χ1n) is 4.41. The molecule has 0 saturated heterocycles. The summed E-state index contributed by atoms with van der Waals surface area (Å²) in [6.45, 7) is 0.288. The van der Waals surface area contributed by atoms with E-state index in [-0.39, 0.29) is 12.4 Å². The molecule has 0 aliphatic rings. The Hall–Kier alpha value is -1.54. The molecule has 0 fully saturated rings.